The molecule has 2 heterocycles. The summed E-state index contributed by atoms with van der Waals surface area (Å²) in [7, 11) is 0. The van der Waals surface area contributed by atoms with Gasteiger partial charge in [-0.15, -0.1) is 5.10 Å². The molecule has 3 rings (SSSR count). The topological polar surface area (TPSA) is 81.1 Å². The smallest absolute Gasteiger partial charge is 0.273 e. The number of ether oxygens (including phenoxy) is 1. The zero-order valence-electron chi connectivity index (χ0n) is 15.7. The van der Waals surface area contributed by atoms with Crippen LogP contribution >= 0.6 is 0 Å². The molecule has 140 valence electrons. The molecule has 0 radical (unpaired) electrons. The molecule has 1 saturated heterocycles. The lowest BCUT2D eigenvalue weighted by Crippen LogP contribution is -2.37. The average Bonchev–Trinajstić information content (AvgIpc) is 3.29. The van der Waals surface area contributed by atoms with Crippen LogP contribution in [-0.4, -0.2) is 46.1 Å². The van der Waals surface area contributed by atoms with Crippen molar-refractivity contribution in [2.45, 2.75) is 52.2 Å². The number of benzene rings is 1. The van der Waals surface area contributed by atoms with Crippen LogP contribution in [0.3, 0.4) is 0 Å². The molecule has 1 amide bonds. The Morgan fingerprint density at radius 3 is 2.77 bits per heavy atom. The molecule has 0 saturated carbocycles. The summed E-state index contributed by atoms with van der Waals surface area (Å²) in [6.07, 6.45) is 3.05. The molecular formula is C19H27N5O2. The van der Waals surface area contributed by atoms with Crippen LogP contribution < -0.4 is 15.4 Å². The van der Waals surface area contributed by atoms with Gasteiger partial charge in [0.1, 0.15) is 5.75 Å². The second-order valence-electron chi connectivity index (χ2n) is 6.81. The maximum atomic E-state index is 12.5. The van der Waals surface area contributed by atoms with Gasteiger partial charge < -0.3 is 15.4 Å². The van der Waals surface area contributed by atoms with Crippen molar-refractivity contribution >= 4 is 5.91 Å². The van der Waals surface area contributed by atoms with Crippen molar-refractivity contribution in [2.75, 3.05) is 13.1 Å². The van der Waals surface area contributed by atoms with Crippen LogP contribution in [-0.2, 0) is 6.42 Å². The molecule has 1 fully saturated rings. The Balaban J connectivity index is 1.73. The molecule has 0 aliphatic carbocycles. The molecule has 1 unspecified atom stereocenters. The summed E-state index contributed by atoms with van der Waals surface area (Å²) >= 11 is 0. The van der Waals surface area contributed by atoms with Gasteiger partial charge in [-0.1, -0.05) is 12.1 Å². The van der Waals surface area contributed by atoms with Gasteiger partial charge in [-0.3, -0.25) is 4.79 Å². The summed E-state index contributed by atoms with van der Waals surface area (Å²) < 4.78 is 7.39. The third-order valence-corrected chi connectivity index (χ3v) is 4.44. The highest BCUT2D eigenvalue weighted by Crippen LogP contribution is 2.19. The molecule has 0 bridgehead atoms. The highest BCUT2D eigenvalue weighted by Gasteiger charge is 2.21. The molecule has 2 aromatic rings. The van der Waals surface area contributed by atoms with Crippen molar-refractivity contribution in [1.29, 1.82) is 0 Å². The molecule has 1 aromatic carbocycles. The Morgan fingerprint density at radius 2 is 2.15 bits per heavy atom. The van der Waals surface area contributed by atoms with E-state index >= 15 is 0 Å². The van der Waals surface area contributed by atoms with E-state index in [0.29, 0.717) is 24.7 Å². The van der Waals surface area contributed by atoms with Gasteiger partial charge in [0.15, 0.2) is 5.69 Å². The first-order chi connectivity index (χ1) is 12.6. The SMILES string of the molecule is CCc1c(C(=O)NCC2CCCN2)nnn1-c1ccc(OC(C)C)cc1. The summed E-state index contributed by atoms with van der Waals surface area (Å²) in [5, 5.41) is 14.7. The molecule has 7 nitrogen and oxygen atoms in total. The number of amides is 1. The number of carbonyl (C=O) groups is 1. The summed E-state index contributed by atoms with van der Waals surface area (Å²) in [5.41, 5.74) is 2.06. The van der Waals surface area contributed by atoms with Crippen molar-refractivity contribution in [3.05, 3.63) is 35.7 Å². The van der Waals surface area contributed by atoms with Crippen LogP contribution in [0, 0.1) is 0 Å². The van der Waals surface area contributed by atoms with E-state index < -0.39 is 0 Å². The van der Waals surface area contributed by atoms with E-state index in [1.807, 2.05) is 45.0 Å². The van der Waals surface area contributed by atoms with E-state index in [0.717, 1.165) is 36.5 Å². The number of aromatic nitrogens is 3. The van der Waals surface area contributed by atoms with Gasteiger partial charge in [0.25, 0.3) is 5.91 Å². The van der Waals surface area contributed by atoms with Gasteiger partial charge in [-0.25, -0.2) is 4.68 Å². The second-order valence-corrected chi connectivity index (χ2v) is 6.81. The van der Waals surface area contributed by atoms with E-state index in [9.17, 15) is 4.79 Å². The third kappa shape index (κ3) is 4.22. The zero-order valence-corrected chi connectivity index (χ0v) is 15.7. The lowest BCUT2D eigenvalue weighted by atomic mass is 10.2. The first-order valence-electron chi connectivity index (χ1n) is 9.31. The Labute approximate surface area is 154 Å². The minimum atomic E-state index is -0.165. The Morgan fingerprint density at radius 1 is 1.38 bits per heavy atom. The van der Waals surface area contributed by atoms with E-state index in [-0.39, 0.29) is 12.0 Å². The fourth-order valence-electron chi connectivity index (χ4n) is 3.17. The quantitative estimate of drug-likeness (QED) is 0.793. The molecule has 2 N–H and O–H groups in total. The fraction of sp³-hybridized carbons (Fsp3) is 0.526. The van der Waals surface area contributed by atoms with Crippen molar-refractivity contribution in [3.8, 4) is 11.4 Å². The van der Waals surface area contributed by atoms with Crippen molar-refractivity contribution in [2.24, 2.45) is 0 Å². The molecule has 7 heteroatoms. The van der Waals surface area contributed by atoms with E-state index in [4.69, 9.17) is 4.74 Å². The number of hydrogen-bond donors (Lipinski definition) is 2. The van der Waals surface area contributed by atoms with Crippen LogP contribution in [0.5, 0.6) is 5.75 Å². The van der Waals surface area contributed by atoms with E-state index in [1.54, 1.807) is 4.68 Å². The molecule has 1 aliphatic heterocycles. The van der Waals surface area contributed by atoms with Gasteiger partial charge in [-0.05, 0) is 63.9 Å². The maximum absolute atomic E-state index is 12.5. The average molecular weight is 357 g/mol. The normalized spacial score (nSPS) is 16.8. The highest BCUT2D eigenvalue weighted by atomic mass is 16.5. The first kappa shape index (κ1) is 18.4. The van der Waals surface area contributed by atoms with Gasteiger partial charge >= 0.3 is 0 Å². The lowest BCUT2D eigenvalue weighted by Gasteiger charge is -2.12. The monoisotopic (exact) mass is 357 g/mol. The molecule has 26 heavy (non-hydrogen) atoms. The van der Waals surface area contributed by atoms with Crippen LogP contribution in [0.25, 0.3) is 5.69 Å². The van der Waals surface area contributed by atoms with E-state index in [2.05, 4.69) is 20.9 Å². The van der Waals surface area contributed by atoms with Gasteiger partial charge in [-0.2, -0.15) is 0 Å². The minimum Gasteiger partial charge on any atom is -0.491 e. The highest BCUT2D eigenvalue weighted by molar-refractivity contribution is 5.93. The number of carbonyl (C=O) groups excluding carboxylic acids is 1. The maximum Gasteiger partial charge on any atom is 0.273 e. The summed E-state index contributed by atoms with van der Waals surface area (Å²) in [5.74, 6) is 0.644. The minimum absolute atomic E-state index is 0.128. The fourth-order valence-corrected chi connectivity index (χ4v) is 3.17. The molecular weight excluding hydrogens is 330 g/mol. The van der Waals surface area contributed by atoms with Gasteiger partial charge in [0.05, 0.1) is 17.5 Å². The molecule has 1 aliphatic rings. The van der Waals surface area contributed by atoms with Crippen molar-refractivity contribution in [3.63, 3.8) is 0 Å². The lowest BCUT2D eigenvalue weighted by molar-refractivity contribution is 0.0944. The Kier molecular flexibility index (Phi) is 5.88. The van der Waals surface area contributed by atoms with Crippen LogP contribution in [0.2, 0.25) is 0 Å². The predicted molar refractivity (Wildman–Crippen MR) is 99.9 cm³/mol. The van der Waals surface area contributed by atoms with Gasteiger partial charge in [0, 0.05) is 12.6 Å². The van der Waals surface area contributed by atoms with E-state index in [1.165, 1.54) is 0 Å². The summed E-state index contributed by atoms with van der Waals surface area (Å²) in [6.45, 7) is 7.63. The third-order valence-electron chi connectivity index (χ3n) is 4.44. The van der Waals surface area contributed by atoms with Crippen LogP contribution in [0.4, 0.5) is 0 Å². The standard InChI is InChI=1S/C19H27N5O2/c1-4-17-18(19(25)21-12-14-6-5-11-20-14)22-23-24(17)15-7-9-16(10-8-15)26-13(2)3/h7-10,13-14,20H,4-6,11-12H2,1-3H3,(H,21,25). The molecule has 1 aromatic heterocycles. The number of nitrogens with one attached hydrogen (secondary N) is 2. The van der Waals surface area contributed by atoms with Crippen LogP contribution in [0.1, 0.15) is 49.8 Å². The summed E-state index contributed by atoms with van der Waals surface area (Å²) in [6, 6.07) is 8.02. The van der Waals surface area contributed by atoms with Crippen molar-refractivity contribution < 1.29 is 9.53 Å². The van der Waals surface area contributed by atoms with Gasteiger partial charge in [0.2, 0.25) is 0 Å². The number of hydrogen-bond acceptors (Lipinski definition) is 5. The first-order valence-corrected chi connectivity index (χ1v) is 9.31. The largest absolute Gasteiger partial charge is 0.491 e. The Bertz CT molecular complexity index is 733. The summed E-state index contributed by atoms with van der Waals surface area (Å²) in [4.78, 5) is 12.5. The van der Waals surface area contributed by atoms with Crippen molar-refractivity contribution in [1.82, 2.24) is 25.6 Å². The zero-order chi connectivity index (χ0) is 18.5. The number of rotatable bonds is 7. The predicted octanol–water partition coefficient (Wildman–Crippen LogP) is 2.10. The van der Waals surface area contributed by atoms with Crippen LogP contribution in [0.15, 0.2) is 24.3 Å². The Hall–Kier alpha value is -2.41. The molecule has 1 atom stereocenters. The second kappa shape index (κ2) is 8.31. The molecule has 0 spiro atoms. The number of nitrogens with zero attached hydrogens (tertiary/aromatic N) is 3.